The van der Waals surface area contributed by atoms with Crippen LogP contribution in [0, 0.1) is 0 Å². The smallest absolute Gasteiger partial charge is 0.334 e. The lowest BCUT2D eigenvalue weighted by Gasteiger charge is -2.35. The van der Waals surface area contributed by atoms with Crippen molar-refractivity contribution in [3.63, 3.8) is 0 Å². The number of fused-ring (bicyclic) bond motifs is 9. The molecule has 3 aliphatic rings. The molecule has 2 unspecified atom stereocenters. The van der Waals surface area contributed by atoms with Gasteiger partial charge in [-0.15, -0.1) is 0 Å². The van der Waals surface area contributed by atoms with Crippen LogP contribution in [0.15, 0.2) is 195 Å². The van der Waals surface area contributed by atoms with Crippen molar-refractivity contribution < 1.29 is 0 Å². The summed E-state index contributed by atoms with van der Waals surface area (Å²) in [4.78, 5) is 18.2. The van der Waals surface area contributed by atoms with Crippen LogP contribution in [0.4, 0.5) is 5.69 Å². The van der Waals surface area contributed by atoms with Crippen LogP contribution in [-0.4, -0.2) is 31.9 Å². The zero-order valence-corrected chi connectivity index (χ0v) is 34.0. The second-order valence-electron chi connectivity index (χ2n) is 16.6. The van der Waals surface area contributed by atoms with E-state index in [1.54, 1.807) is 0 Å². The Balaban J connectivity index is 1.00. The van der Waals surface area contributed by atoms with Crippen LogP contribution in [-0.2, 0) is 5.41 Å². The molecule has 63 heavy (non-hydrogen) atoms. The third-order valence-corrected chi connectivity index (χ3v) is 13.2. The summed E-state index contributed by atoms with van der Waals surface area (Å²) in [5.41, 5.74) is 19.0. The summed E-state index contributed by atoms with van der Waals surface area (Å²) in [6, 6.07) is 57.4. The maximum atomic E-state index is 5.22. The quantitative estimate of drug-likeness (QED) is 0.130. The van der Waals surface area contributed by atoms with Crippen molar-refractivity contribution in [3.05, 3.63) is 233 Å². The Morgan fingerprint density at radius 3 is 1.97 bits per heavy atom. The van der Waals surface area contributed by atoms with Crippen LogP contribution in [0.2, 0.25) is 0 Å². The molecule has 0 bridgehead atoms. The van der Waals surface area contributed by atoms with Crippen molar-refractivity contribution >= 4 is 56.4 Å². The van der Waals surface area contributed by atoms with Gasteiger partial charge in [0.1, 0.15) is 0 Å². The molecule has 0 spiro atoms. The highest BCUT2D eigenvalue weighted by Gasteiger charge is 2.47. The van der Waals surface area contributed by atoms with Crippen molar-refractivity contribution in [3.8, 4) is 33.6 Å². The summed E-state index contributed by atoms with van der Waals surface area (Å²) in [5.74, 6) is 0. The first-order valence-corrected chi connectivity index (χ1v) is 21.4. The van der Waals surface area contributed by atoms with Crippen molar-refractivity contribution in [1.29, 1.82) is 0 Å². The van der Waals surface area contributed by atoms with Gasteiger partial charge in [0.15, 0.2) is 0 Å². The van der Waals surface area contributed by atoms with Gasteiger partial charge in [-0.1, -0.05) is 126 Å². The molecule has 6 aromatic carbocycles. The molecule has 13 rings (SSSR count). The maximum Gasteiger partial charge on any atom is 0.334 e. The van der Waals surface area contributed by atoms with Gasteiger partial charge in [-0.25, -0.2) is 4.98 Å². The van der Waals surface area contributed by atoms with Gasteiger partial charge in [0, 0.05) is 58.2 Å². The van der Waals surface area contributed by atoms with Gasteiger partial charge in [-0.2, -0.15) is 0 Å². The van der Waals surface area contributed by atoms with E-state index < -0.39 is 5.41 Å². The minimum Gasteiger partial charge on any atom is -0.372 e. The monoisotopic (exact) mass is 805 g/mol. The van der Waals surface area contributed by atoms with Crippen LogP contribution < -0.4 is 9.98 Å². The summed E-state index contributed by atoms with van der Waals surface area (Å²) in [6.07, 6.45) is 16.1. The summed E-state index contributed by atoms with van der Waals surface area (Å²) in [6.45, 7) is 0. The zero-order valence-electron chi connectivity index (χ0n) is 34.0. The van der Waals surface area contributed by atoms with Crippen LogP contribution in [0.25, 0.3) is 72.4 Å². The summed E-state index contributed by atoms with van der Waals surface area (Å²) in [7, 11) is 0. The Hall–Kier alpha value is -8.44. The van der Waals surface area contributed by atoms with Crippen molar-refractivity contribution in [2.75, 3.05) is 5.32 Å². The predicted octanol–water partition coefficient (Wildman–Crippen LogP) is 12.0. The lowest BCUT2D eigenvalue weighted by molar-refractivity contribution is 0.767. The number of aromatic amines is 1. The number of nitrogens with one attached hydrogen (secondary N) is 2. The van der Waals surface area contributed by atoms with Gasteiger partial charge in [0.25, 0.3) is 6.21 Å². The first-order chi connectivity index (χ1) is 31.2. The largest absolute Gasteiger partial charge is 0.372 e. The Bertz CT molecular complexity index is 3630. The fraction of sp³-hybridized carbons (Fsp3) is 0.0351. The van der Waals surface area contributed by atoms with Gasteiger partial charge < -0.3 is 10.3 Å². The maximum absolute atomic E-state index is 5.22. The molecule has 1 aliphatic carbocycles. The molecule has 0 saturated carbocycles. The second kappa shape index (κ2) is 13.8. The summed E-state index contributed by atoms with van der Waals surface area (Å²) in [5, 5.41) is 7.11. The van der Waals surface area contributed by atoms with Crippen molar-refractivity contribution in [2.24, 2.45) is 0 Å². The normalized spacial score (nSPS) is 16.9. The highest BCUT2D eigenvalue weighted by molar-refractivity contribution is 6.14. The predicted molar refractivity (Wildman–Crippen MR) is 258 cm³/mol. The number of allylic oxidation sites excluding steroid dienone is 2. The third-order valence-electron chi connectivity index (χ3n) is 13.2. The highest BCUT2D eigenvalue weighted by Crippen LogP contribution is 2.57. The molecule has 0 fully saturated rings. The number of hydrogen-bond acceptors (Lipinski definition) is 4. The average molecular weight is 806 g/mol. The van der Waals surface area contributed by atoms with E-state index in [-0.39, 0.29) is 6.04 Å². The summed E-state index contributed by atoms with van der Waals surface area (Å²) >= 11 is 0. The molecular formula is C57H37N6+. The van der Waals surface area contributed by atoms with Crippen molar-refractivity contribution in [1.82, 2.24) is 24.6 Å². The van der Waals surface area contributed by atoms with Crippen LogP contribution in [0.1, 0.15) is 45.0 Å². The molecule has 2 atom stereocenters. The van der Waals surface area contributed by atoms with Gasteiger partial charge >= 0.3 is 5.71 Å². The minimum absolute atomic E-state index is 0.0196. The molecule has 2 N–H and O–H groups in total. The molecular weight excluding hydrogens is 769 g/mol. The topological polar surface area (TPSA) is 80.6 Å². The van der Waals surface area contributed by atoms with Gasteiger partial charge in [0.2, 0.25) is 0 Å². The van der Waals surface area contributed by atoms with E-state index >= 15 is 0 Å². The van der Waals surface area contributed by atoms with Gasteiger partial charge in [0.05, 0.1) is 45.0 Å². The van der Waals surface area contributed by atoms with Gasteiger partial charge in [-0.3, -0.25) is 9.97 Å². The molecule has 0 amide bonds. The van der Waals surface area contributed by atoms with E-state index in [4.69, 9.17) is 19.6 Å². The lowest BCUT2D eigenvalue weighted by Crippen LogP contribution is -2.29. The number of nitrogens with zero attached hydrogens (tertiary/aromatic N) is 4. The third kappa shape index (κ3) is 5.46. The fourth-order valence-corrected chi connectivity index (χ4v) is 10.2. The number of H-pyrrole nitrogens is 1. The van der Waals surface area contributed by atoms with Crippen LogP contribution in [0.5, 0.6) is 0 Å². The Kier molecular flexibility index (Phi) is 7.74. The molecule has 10 aromatic rings. The molecule has 6 heterocycles. The number of hydrogen-bond donors (Lipinski definition) is 2. The Morgan fingerprint density at radius 2 is 1.22 bits per heavy atom. The van der Waals surface area contributed by atoms with Crippen molar-refractivity contribution in [2.45, 2.75) is 11.5 Å². The number of aromatic nitrogens is 4. The number of pyridine rings is 3. The first-order valence-electron chi connectivity index (χ1n) is 21.4. The van der Waals surface area contributed by atoms with E-state index in [1.807, 2.05) is 43.0 Å². The number of rotatable bonds is 6. The number of anilines is 1. The molecule has 6 heteroatoms. The summed E-state index contributed by atoms with van der Waals surface area (Å²) < 4.78 is 4.75. The van der Waals surface area contributed by atoms with E-state index in [0.29, 0.717) is 0 Å². The highest BCUT2D eigenvalue weighted by atomic mass is 14.9. The molecule has 2 aliphatic heterocycles. The fourth-order valence-electron chi connectivity index (χ4n) is 10.2. The van der Waals surface area contributed by atoms with E-state index in [0.717, 1.165) is 77.7 Å². The van der Waals surface area contributed by atoms with E-state index in [1.165, 1.54) is 38.9 Å². The van der Waals surface area contributed by atoms with E-state index in [9.17, 15) is 0 Å². The molecule has 294 valence electrons. The lowest BCUT2D eigenvalue weighted by atomic mass is 9.67. The minimum atomic E-state index is -0.674. The average Bonchev–Trinajstić information content (AvgIpc) is 4.15. The second-order valence-corrected chi connectivity index (χ2v) is 16.6. The van der Waals surface area contributed by atoms with Crippen LogP contribution in [0.3, 0.4) is 0 Å². The molecule has 6 nitrogen and oxygen atoms in total. The molecule has 4 aromatic heterocycles. The Labute approximate surface area is 363 Å². The van der Waals surface area contributed by atoms with Gasteiger partial charge in [-0.05, 0) is 98.6 Å². The Morgan fingerprint density at radius 1 is 0.556 bits per heavy atom. The first kappa shape index (κ1) is 35.3. The SMILES string of the molecule is C1=CC(c2ccc3c(c2)C(c2ccc(-c4ccc5ccc6cccnc6c5n4)cc2)(c2ccc(C4C=Cc5ccc6cccnc6c5N4)cc2)c2cc(-c4ccc[nH]4)ccc2-3)=[N+]=C1. The van der Waals surface area contributed by atoms with E-state index in [2.05, 4.69) is 174 Å². The van der Waals surface area contributed by atoms with Crippen LogP contribution >= 0.6 is 0 Å². The molecule has 0 saturated heterocycles. The molecule has 0 radical (unpaired) electrons. The number of benzene rings is 6. The zero-order chi connectivity index (χ0) is 41.5. The standard InChI is InChI=1S/C57H36N6/c1-5-37-9-11-39-19-27-51(62-55(39)53(37)60-31-1)35-13-21-43(22-14-35)57(44-23-15-36(16-24-44)52-28-20-40-12-10-38-6-2-32-61-54(38)56(40)63-52)47-33-41(49-7-3-29-58-49)17-25-45(47)46-26-18-42(34-48(46)57)50-8-4-30-59-50/h1-34,51,62H/p+1.